The molecule has 112 valence electrons. The first kappa shape index (κ1) is 16.6. The number of methoxy groups -OCH3 is 2. The molecule has 0 spiro atoms. The number of nitrogens with one attached hydrogen (secondary N) is 1. The highest BCUT2D eigenvalue weighted by molar-refractivity contribution is 6.32. The van der Waals surface area contributed by atoms with Gasteiger partial charge in [0.15, 0.2) is 11.5 Å². The van der Waals surface area contributed by atoms with Gasteiger partial charge in [0, 0.05) is 5.56 Å². The number of rotatable bonds is 6. The summed E-state index contributed by atoms with van der Waals surface area (Å²) in [6.45, 7) is 3.72. The van der Waals surface area contributed by atoms with Crippen molar-refractivity contribution in [3.63, 3.8) is 0 Å². The van der Waals surface area contributed by atoms with Crippen LogP contribution in [-0.4, -0.2) is 37.9 Å². The number of benzene rings is 1. The summed E-state index contributed by atoms with van der Waals surface area (Å²) >= 11 is 6.06. The maximum absolute atomic E-state index is 12.2. The molecule has 0 saturated carbocycles. The summed E-state index contributed by atoms with van der Waals surface area (Å²) in [6.07, 6.45) is 0. The smallest absolute Gasteiger partial charge is 0.251 e. The molecular formula is C14H20ClNO4. The zero-order chi connectivity index (χ0) is 15.3. The lowest BCUT2D eigenvalue weighted by Gasteiger charge is -2.20. The van der Waals surface area contributed by atoms with Crippen molar-refractivity contribution in [3.8, 4) is 11.5 Å². The second-order valence-electron chi connectivity index (χ2n) is 4.70. The van der Waals surface area contributed by atoms with E-state index >= 15 is 0 Å². The summed E-state index contributed by atoms with van der Waals surface area (Å²) < 4.78 is 10.3. The standard InChI is InChI=1S/C14H20ClNO4/c1-8(2)11(7-17)16-14(18)9-5-10(15)13(20-4)12(6-9)19-3/h5-6,8,11,17H,7H2,1-4H3,(H,16,18). The molecule has 1 atom stereocenters. The number of halogens is 1. The molecule has 6 heteroatoms. The van der Waals surface area contributed by atoms with E-state index in [1.807, 2.05) is 13.8 Å². The molecule has 0 aliphatic carbocycles. The number of amides is 1. The van der Waals surface area contributed by atoms with Gasteiger partial charge in [0.25, 0.3) is 5.91 Å². The number of aliphatic hydroxyl groups is 1. The lowest BCUT2D eigenvalue weighted by molar-refractivity contribution is 0.0896. The SMILES string of the molecule is COc1cc(C(=O)NC(CO)C(C)C)cc(Cl)c1OC. The third-order valence-corrected chi connectivity index (χ3v) is 3.29. The number of aliphatic hydroxyl groups excluding tert-OH is 1. The van der Waals surface area contributed by atoms with Crippen molar-refractivity contribution in [2.75, 3.05) is 20.8 Å². The molecule has 0 fully saturated rings. The maximum Gasteiger partial charge on any atom is 0.251 e. The molecule has 2 N–H and O–H groups in total. The molecule has 5 nitrogen and oxygen atoms in total. The molecule has 0 bridgehead atoms. The predicted molar refractivity (Wildman–Crippen MR) is 77.7 cm³/mol. The lowest BCUT2D eigenvalue weighted by atomic mass is 10.0. The molecule has 0 aliphatic rings. The number of hydrogen-bond donors (Lipinski definition) is 2. The average molecular weight is 302 g/mol. The van der Waals surface area contributed by atoms with Crippen LogP contribution in [0.5, 0.6) is 11.5 Å². The third kappa shape index (κ3) is 3.77. The molecule has 1 aromatic rings. The lowest BCUT2D eigenvalue weighted by Crippen LogP contribution is -2.41. The van der Waals surface area contributed by atoms with Gasteiger partial charge in [-0.2, -0.15) is 0 Å². The van der Waals surface area contributed by atoms with Gasteiger partial charge >= 0.3 is 0 Å². The summed E-state index contributed by atoms with van der Waals surface area (Å²) in [6, 6.07) is 2.75. The Kier molecular flexibility index (Phi) is 6.10. The minimum atomic E-state index is -0.319. The van der Waals surface area contributed by atoms with Gasteiger partial charge in [-0.05, 0) is 18.1 Å². The number of carbonyl (C=O) groups is 1. The molecular weight excluding hydrogens is 282 g/mol. The summed E-state index contributed by atoms with van der Waals surface area (Å²) in [5, 5.41) is 12.3. The first-order valence-electron chi connectivity index (χ1n) is 6.27. The normalized spacial score (nSPS) is 12.2. The van der Waals surface area contributed by atoms with E-state index in [0.717, 1.165) is 0 Å². The fourth-order valence-electron chi connectivity index (χ4n) is 1.72. The van der Waals surface area contributed by atoms with E-state index in [2.05, 4.69) is 5.32 Å². The molecule has 0 aromatic heterocycles. The van der Waals surface area contributed by atoms with E-state index in [-0.39, 0.29) is 24.5 Å². The number of ether oxygens (including phenoxy) is 2. The van der Waals surface area contributed by atoms with Crippen LogP contribution in [0.25, 0.3) is 0 Å². The molecule has 0 aliphatic heterocycles. The molecule has 1 unspecified atom stereocenters. The second kappa shape index (κ2) is 7.36. The third-order valence-electron chi connectivity index (χ3n) is 3.01. The van der Waals surface area contributed by atoms with Gasteiger partial charge in [-0.15, -0.1) is 0 Å². The maximum atomic E-state index is 12.2. The Bertz CT molecular complexity index is 476. The summed E-state index contributed by atoms with van der Waals surface area (Å²) in [4.78, 5) is 12.2. The molecule has 1 rings (SSSR count). The van der Waals surface area contributed by atoms with Crippen LogP contribution in [0.1, 0.15) is 24.2 Å². The minimum Gasteiger partial charge on any atom is -0.493 e. The van der Waals surface area contributed by atoms with Crippen LogP contribution in [0.15, 0.2) is 12.1 Å². The fraction of sp³-hybridized carbons (Fsp3) is 0.500. The largest absolute Gasteiger partial charge is 0.493 e. The highest BCUT2D eigenvalue weighted by Gasteiger charge is 2.19. The van der Waals surface area contributed by atoms with Crippen molar-refractivity contribution >= 4 is 17.5 Å². The summed E-state index contributed by atoms with van der Waals surface area (Å²) in [5.41, 5.74) is 0.353. The van der Waals surface area contributed by atoms with Crippen LogP contribution in [0.4, 0.5) is 0 Å². The van der Waals surface area contributed by atoms with Crippen LogP contribution < -0.4 is 14.8 Å². The van der Waals surface area contributed by atoms with Crippen LogP contribution in [0.3, 0.4) is 0 Å². The van der Waals surface area contributed by atoms with E-state index in [1.54, 1.807) is 6.07 Å². The Morgan fingerprint density at radius 1 is 1.35 bits per heavy atom. The fourth-order valence-corrected chi connectivity index (χ4v) is 2.01. The minimum absolute atomic E-state index is 0.121. The van der Waals surface area contributed by atoms with E-state index in [4.69, 9.17) is 21.1 Å². The first-order chi connectivity index (χ1) is 9.44. The van der Waals surface area contributed by atoms with Gasteiger partial charge in [0.2, 0.25) is 0 Å². The summed E-state index contributed by atoms with van der Waals surface area (Å²) in [5.74, 6) is 0.573. The highest BCUT2D eigenvalue weighted by Crippen LogP contribution is 2.35. The number of carbonyl (C=O) groups excluding carboxylic acids is 1. The van der Waals surface area contributed by atoms with Crippen molar-refractivity contribution in [1.29, 1.82) is 0 Å². The Morgan fingerprint density at radius 2 is 2.00 bits per heavy atom. The Morgan fingerprint density at radius 3 is 2.45 bits per heavy atom. The van der Waals surface area contributed by atoms with Crippen molar-refractivity contribution in [2.45, 2.75) is 19.9 Å². The monoisotopic (exact) mass is 301 g/mol. The van der Waals surface area contributed by atoms with Crippen LogP contribution in [-0.2, 0) is 0 Å². The van der Waals surface area contributed by atoms with E-state index < -0.39 is 0 Å². The van der Waals surface area contributed by atoms with E-state index in [1.165, 1.54) is 20.3 Å². The Labute approximate surface area is 123 Å². The van der Waals surface area contributed by atoms with Crippen molar-refractivity contribution in [2.24, 2.45) is 5.92 Å². The van der Waals surface area contributed by atoms with Crippen LogP contribution in [0, 0.1) is 5.92 Å². The topological polar surface area (TPSA) is 67.8 Å². The van der Waals surface area contributed by atoms with Gasteiger partial charge in [0.05, 0.1) is 31.9 Å². The van der Waals surface area contributed by atoms with Gasteiger partial charge in [-0.25, -0.2) is 0 Å². The second-order valence-corrected chi connectivity index (χ2v) is 5.11. The quantitative estimate of drug-likeness (QED) is 0.844. The molecule has 0 radical (unpaired) electrons. The molecule has 0 saturated heterocycles. The first-order valence-corrected chi connectivity index (χ1v) is 6.65. The summed E-state index contributed by atoms with van der Waals surface area (Å²) in [7, 11) is 2.95. The van der Waals surface area contributed by atoms with Crippen molar-refractivity contribution < 1.29 is 19.4 Å². The van der Waals surface area contributed by atoms with E-state index in [0.29, 0.717) is 22.1 Å². The van der Waals surface area contributed by atoms with Gasteiger partial charge in [0.1, 0.15) is 0 Å². The van der Waals surface area contributed by atoms with Crippen molar-refractivity contribution in [3.05, 3.63) is 22.7 Å². The van der Waals surface area contributed by atoms with Gasteiger partial charge in [-0.1, -0.05) is 25.4 Å². The Balaban J connectivity index is 3.02. The molecule has 20 heavy (non-hydrogen) atoms. The average Bonchev–Trinajstić information content (AvgIpc) is 2.42. The van der Waals surface area contributed by atoms with Crippen LogP contribution >= 0.6 is 11.6 Å². The molecule has 0 heterocycles. The molecule has 1 aromatic carbocycles. The van der Waals surface area contributed by atoms with Crippen LogP contribution in [0.2, 0.25) is 5.02 Å². The van der Waals surface area contributed by atoms with Gasteiger partial charge < -0.3 is 19.9 Å². The Hall–Kier alpha value is -1.46. The highest BCUT2D eigenvalue weighted by atomic mass is 35.5. The molecule has 1 amide bonds. The van der Waals surface area contributed by atoms with E-state index in [9.17, 15) is 9.90 Å². The number of hydrogen-bond acceptors (Lipinski definition) is 4. The predicted octanol–water partition coefficient (Wildman–Crippen LogP) is 2.10. The van der Waals surface area contributed by atoms with Gasteiger partial charge in [-0.3, -0.25) is 4.79 Å². The van der Waals surface area contributed by atoms with Crippen molar-refractivity contribution in [1.82, 2.24) is 5.32 Å². The zero-order valence-electron chi connectivity index (χ0n) is 12.1. The zero-order valence-corrected chi connectivity index (χ0v) is 12.8.